The molecule has 0 saturated carbocycles. The van der Waals surface area contributed by atoms with Crippen LogP contribution in [-0.2, 0) is 0 Å². The van der Waals surface area contributed by atoms with Gasteiger partial charge in [-0.2, -0.15) is 0 Å². The van der Waals surface area contributed by atoms with E-state index in [-0.39, 0.29) is 12.5 Å². The molecule has 0 aliphatic rings. The molecule has 0 spiro atoms. The van der Waals surface area contributed by atoms with Gasteiger partial charge in [0.05, 0.1) is 6.61 Å². The topological polar surface area (TPSA) is 46.0 Å². The summed E-state index contributed by atoms with van der Waals surface area (Å²) in [6.07, 6.45) is 5.37. The summed E-state index contributed by atoms with van der Waals surface area (Å²) in [5, 5.41) is 9.99. The first kappa shape index (κ1) is 10.3. The third-order valence-electron chi connectivity index (χ3n) is 2.19. The van der Waals surface area contributed by atoms with Crippen LogP contribution in [0.15, 0.2) is 30.7 Å². The van der Waals surface area contributed by atoms with Crippen molar-refractivity contribution in [1.29, 1.82) is 0 Å². The second-order valence-corrected chi connectivity index (χ2v) is 4.46. The second-order valence-electron chi connectivity index (χ2n) is 3.39. The molecule has 2 aromatic heterocycles. The lowest BCUT2D eigenvalue weighted by Gasteiger charge is -2.01. The molecule has 2 rings (SSSR count). The van der Waals surface area contributed by atoms with Gasteiger partial charge in [0.15, 0.2) is 0 Å². The molecule has 78 valence electrons. The minimum atomic E-state index is 0.160. The molecular formula is C11H12N2OS. The van der Waals surface area contributed by atoms with Gasteiger partial charge >= 0.3 is 0 Å². The van der Waals surface area contributed by atoms with Crippen molar-refractivity contribution in [3.8, 4) is 10.6 Å². The zero-order valence-electron chi connectivity index (χ0n) is 8.42. The van der Waals surface area contributed by atoms with Gasteiger partial charge in [-0.15, -0.1) is 11.3 Å². The molecular weight excluding hydrogens is 208 g/mol. The average Bonchev–Trinajstić information content (AvgIpc) is 2.78. The lowest BCUT2D eigenvalue weighted by atomic mass is 10.2. The first-order chi connectivity index (χ1) is 7.31. The fourth-order valence-corrected chi connectivity index (χ4v) is 2.18. The first-order valence-corrected chi connectivity index (χ1v) is 5.60. The zero-order chi connectivity index (χ0) is 10.7. The highest BCUT2D eigenvalue weighted by molar-refractivity contribution is 7.15. The molecule has 15 heavy (non-hydrogen) atoms. The van der Waals surface area contributed by atoms with Gasteiger partial charge in [0.25, 0.3) is 0 Å². The Bertz CT molecular complexity index is 427. The van der Waals surface area contributed by atoms with Crippen LogP contribution in [0, 0.1) is 0 Å². The summed E-state index contributed by atoms with van der Waals surface area (Å²) >= 11 is 1.61. The van der Waals surface area contributed by atoms with Crippen molar-refractivity contribution in [2.75, 3.05) is 6.61 Å². The average molecular weight is 220 g/mol. The minimum Gasteiger partial charge on any atom is -0.396 e. The molecule has 2 heterocycles. The number of nitrogens with zero attached hydrogens (tertiary/aromatic N) is 2. The second kappa shape index (κ2) is 4.51. The summed E-state index contributed by atoms with van der Waals surface area (Å²) < 4.78 is 0. The molecule has 0 saturated heterocycles. The largest absolute Gasteiger partial charge is 0.396 e. The summed E-state index contributed by atoms with van der Waals surface area (Å²) in [5.74, 6) is 0.160. The van der Waals surface area contributed by atoms with Gasteiger partial charge in [-0.1, -0.05) is 6.92 Å². The van der Waals surface area contributed by atoms with Crippen LogP contribution < -0.4 is 0 Å². The summed E-state index contributed by atoms with van der Waals surface area (Å²) in [4.78, 5) is 9.48. The first-order valence-electron chi connectivity index (χ1n) is 4.78. The molecule has 2 aromatic rings. The summed E-state index contributed by atoms with van der Waals surface area (Å²) in [5.41, 5.74) is 1.03. The van der Waals surface area contributed by atoms with Crippen LogP contribution in [0.5, 0.6) is 0 Å². The van der Waals surface area contributed by atoms with Gasteiger partial charge in [-0.25, -0.2) is 4.98 Å². The van der Waals surface area contributed by atoms with Crippen LogP contribution in [0.3, 0.4) is 0 Å². The maximum Gasteiger partial charge on any atom is 0.125 e. The molecule has 3 nitrogen and oxygen atoms in total. The molecule has 0 aliphatic heterocycles. The summed E-state index contributed by atoms with van der Waals surface area (Å²) in [6.45, 7) is 2.15. The van der Waals surface area contributed by atoms with Gasteiger partial charge in [0.2, 0.25) is 0 Å². The Labute approximate surface area is 92.5 Å². The van der Waals surface area contributed by atoms with Crippen LogP contribution in [-0.4, -0.2) is 21.7 Å². The van der Waals surface area contributed by atoms with Crippen LogP contribution >= 0.6 is 11.3 Å². The number of rotatable bonds is 3. The molecule has 0 aliphatic carbocycles. The number of thiazole rings is 1. The Morgan fingerprint density at radius 1 is 1.47 bits per heavy atom. The maximum absolute atomic E-state index is 9.03. The molecule has 4 heteroatoms. The molecule has 0 fully saturated rings. The third-order valence-corrected chi connectivity index (χ3v) is 3.47. The van der Waals surface area contributed by atoms with E-state index in [9.17, 15) is 0 Å². The van der Waals surface area contributed by atoms with Gasteiger partial charge in [0.1, 0.15) is 5.01 Å². The van der Waals surface area contributed by atoms with Crippen LogP contribution in [0.4, 0.5) is 0 Å². The standard InChI is InChI=1S/C11H12N2OS/c1-8(7-14)10-6-13-11(15-10)9-3-2-4-12-5-9/h2-6,8,14H,7H2,1H3. The van der Waals surface area contributed by atoms with Crippen molar-refractivity contribution in [1.82, 2.24) is 9.97 Å². The zero-order valence-corrected chi connectivity index (χ0v) is 9.24. The minimum absolute atomic E-state index is 0.160. The van der Waals surface area contributed by atoms with Crippen molar-refractivity contribution < 1.29 is 5.11 Å². The summed E-state index contributed by atoms with van der Waals surface area (Å²) in [6, 6.07) is 3.88. The van der Waals surface area contributed by atoms with Crippen molar-refractivity contribution in [2.24, 2.45) is 0 Å². The monoisotopic (exact) mass is 220 g/mol. The fraction of sp³-hybridized carbons (Fsp3) is 0.273. The highest BCUT2D eigenvalue weighted by Gasteiger charge is 2.09. The van der Waals surface area contributed by atoms with E-state index in [1.54, 1.807) is 23.7 Å². The Morgan fingerprint density at radius 3 is 3.00 bits per heavy atom. The predicted octanol–water partition coefficient (Wildman–Crippen LogP) is 2.30. The molecule has 0 bridgehead atoms. The number of hydrogen-bond donors (Lipinski definition) is 1. The number of aliphatic hydroxyl groups is 1. The quantitative estimate of drug-likeness (QED) is 0.863. The van der Waals surface area contributed by atoms with E-state index >= 15 is 0 Å². The van der Waals surface area contributed by atoms with Crippen molar-refractivity contribution in [3.63, 3.8) is 0 Å². The van der Waals surface area contributed by atoms with Crippen LogP contribution in [0.1, 0.15) is 17.7 Å². The van der Waals surface area contributed by atoms with Crippen LogP contribution in [0.2, 0.25) is 0 Å². The molecule has 0 amide bonds. The lowest BCUT2D eigenvalue weighted by Crippen LogP contribution is -1.94. The van der Waals surface area contributed by atoms with Crippen LogP contribution in [0.25, 0.3) is 10.6 Å². The van der Waals surface area contributed by atoms with E-state index in [1.807, 2.05) is 25.3 Å². The Kier molecular flexibility index (Phi) is 3.08. The smallest absolute Gasteiger partial charge is 0.125 e. The Balaban J connectivity index is 2.28. The maximum atomic E-state index is 9.03. The van der Waals surface area contributed by atoms with Gasteiger partial charge in [0, 0.05) is 34.9 Å². The Hall–Kier alpha value is -1.26. The third kappa shape index (κ3) is 2.22. The molecule has 1 atom stereocenters. The van der Waals surface area contributed by atoms with Gasteiger partial charge in [-0.3, -0.25) is 4.98 Å². The van der Waals surface area contributed by atoms with Gasteiger partial charge in [-0.05, 0) is 12.1 Å². The molecule has 1 N–H and O–H groups in total. The highest BCUT2D eigenvalue weighted by atomic mass is 32.1. The number of aromatic nitrogens is 2. The normalized spacial score (nSPS) is 12.7. The molecule has 0 radical (unpaired) electrons. The fourth-order valence-electron chi connectivity index (χ4n) is 1.23. The molecule has 1 unspecified atom stereocenters. The van der Waals surface area contributed by atoms with E-state index in [2.05, 4.69) is 9.97 Å². The highest BCUT2D eigenvalue weighted by Crippen LogP contribution is 2.28. The van der Waals surface area contributed by atoms with Crippen molar-refractivity contribution >= 4 is 11.3 Å². The van der Waals surface area contributed by atoms with E-state index < -0.39 is 0 Å². The number of pyridine rings is 1. The molecule has 0 aromatic carbocycles. The van der Waals surface area contributed by atoms with E-state index in [1.165, 1.54) is 0 Å². The lowest BCUT2D eigenvalue weighted by molar-refractivity contribution is 0.274. The van der Waals surface area contributed by atoms with Crippen molar-refractivity contribution in [2.45, 2.75) is 12.8 Å². The van der Waals surface area contributed by atoms with E-state index in [0.717, 1.165) is 15.4 Å². The van der Waals surface area contributed by atoms with E-state index in [4.69, 9.17) is 5.11 Å². The van der Waals surface area contributed by atoms with E-state index in [0.29, 0.717) is 0 Å². The summed E-state index contributed by atoms with van der Waals surface area (Å²) in [7, 11) is 0. The van der Waals surface area contributed by atoms with Crippen molar-refractivity contribution in [3.05, 3.63) is 35.6 Å². The number of aliphatic hydroxyl groups excluding tert-OH is 1. The predicted molar refractivity (Wildman–Crippen MR) is 60.8 cm³/mol. The SMILES string of the molecule is CC(CO)c1cnc(-c2cccnc2)s1. The van der Waals surface area contributed by atoms with Gasteiger partial charge < -0.3 is 5.11 Å². The Morgan fingerprint density at radius 2 is 2.33 bits per heavy atom. The number of hydrogen-bond acceptors (Lipinski definition) is 4.